The third kappa shape index (κ3) is 4.67. The Morgan fingerprint density at radius 1 is 1.04 bits per heavy atom. The van der Waals surface area contributed by atoms with Gasteiger partial charge in [-0.15, -0.1) is 0 Å². The van der Waals surface area contributed by atoms with E-state index in [1.807, 2.05) is 18.2 Å². The summed E-state index contributed by atoms with van der Waals surface area (Å²) in [6, 6.07) is 10.0. The maximum Gasteiger partial charge on any atom is 0.319 e. The molecule has 1 aliphatic carbocycles. The van der Waals surface area contributed by atoms with Crippen molar-refractivity contribution in [2.45, 2.75) is 81.2 Å². The number of ether oxygens (including phenoxy) is 1. The fourth-order valence-electron chi connectivity index (χ4n) is 9.45. The van der Waals surface area contributed by atoms with E-state index >= 15 is 4.39 Å². The lowest BCUT2D eigenvalue weighted by Gasteiger charge is -2.36. The van der Waals surface area contributed by atoms with Gasteiger partial charge in [-0.25, -0.2) is 8.78 Å². The van der Waals surface area contributed by atoms with Gasteiger partial charge < -0.3 is 20.1 Å². The van der Waals surface area contributed by atoms with Gasteiger partial charge in [0.05, 0.1) is 10.9 Å². The second-order valence-corrected chi connectivity index (χ2v) is 15.0. The van der Waals surface area contributed by atoms with Crippen LogP contribution in [-0.4, -0.2) is 81.0 Å². The number of phenols is 1. The summed E-state index contributed by atoms with van der Waals surface area (Å²) in [7, 11) is 0. The molecule has 46 heavy (non-hydrogen) atoms. The van der Waals surface area contributed by atoms with Crippen LogP contribution < -0.4 is 15.0 Å². The van der Waals surface area contributed by atoms with Crippen LogP contribution in [-0.2, 0) is 0 Å². The van der Waals surface area contributed by atoms with Crippen LogP contribution >= 0.6 is 15.9 Å². The number of phenolic OH excluding ortho intramolecular Hbond substituents is 1. The minimum absolute atomic E-state index is 0.0225. The van der Waals surface area contributed by atoms with E-state index in [-0.39, 0.29) is 35.1 Å². The molecule has 2 N–H and O–H groups in total. The summed E-state index contributed by atoms with van der Waals surface area (Å²) in [5, 5.41) is 16.3. The molecule has 2 aromatic heterocycles. The highest BCUT2D eigenvalue weighted by Crippen LogP contribution is 2.51. The van der Waals surface area contributed by atoms with Gasteiger partial charge in [0.2, 0.25) is 0 Å². The second-order valence-electron chi connectivity index (χ2n) is 14.2. The average Bonchev–Trinajstić information content (AvgIpc) is 3.66. The highest BCUT2D eigenvalue weighted by Gasteiger charge is 2.57. The van der Waals surface area contributed by atoms with E-state index in [4.69, 9.17) is 14.7 Å². The minimum Gasteiger partial charge on any atom is -0.508 e. The van der Waals surface area contributed by atoms with Gasteiger partial charge in [-0.2, -0.15) is 9.97 Å². The molecule has 5 aliphatic rings. The topological polar surface area (TPSA) is 86.6 Å². The Morgan fingerprint density at radius 2 is 1.87 bits per heavy atom. The van der Waals surface area contributed by atoms with Gasteiger partial charge >= 0.3 is 6.01 Å². The fourth-order valence-corrected chi connectivity index (χ4v) is 10.0. The highest BCUT2D eigenvalue weighted by atomic mass is 79.9. The Bertz CT molecular complexity index is 1850. The van der Waals surface area contributed by atoms with Crippen LogP contribution in [0.1, 0.15) is 51.4 Å². The molecular weight excluding hydrogens is 654 g/mol. The predicted octanol–water partition coefficient (Wildman–Crippen LogP) is 6.52. The van der Waals surface area contributed by atoms with Gasteiger partial charge in [-0.3, -0.25) is 9.88 Å². The third-order valence-electron chi connectivity index (χ3n) is 11.3. The molecule has 240 valence electrons. The SMILES string of the molecule is Oc1cc(-c2ncc3c(N4CC5CCC(C4)N5)nc(OC[C@]45C[C@H](F)CN4[C@H]4CCCC[C@H]4C5)nc3c2F)c2c(Br)cccc2c1. The molecule has 4 aliphatic heterocycles. The molecule has 2 bridgehead atoms. The number of pyridine rings is 1. The van der Waals surface area contributed by atoms with Gasteiger partial charge in [0.25, 0.3) is 0 Å². The molecule has 5 fully saturated rings. The standard InChI is InChI=1S/C35H37BrF2N6O2/c36-27-6-3-5-19-10-24(45)11-25(29(19)27)31-30(38)32-26(14-39-31)33(43-16-22-8-9-23(17-43)40-22)42-34(41-32)46-18-35-12-20-4-1-2-7-28(20)44(35)15-21(37)13-35/h3,5-6,10-11,14,20-23,28,40,45H,1-2,4,7-9,12-13,15-18H2/t20-,21-,22?,23?,28-,35-/m0/s1. The zero-order chi connectivity index (χ0) is 31.2. The first-order valence-electron chi connectivity index (χ1n) is 16.7. The summed E-state index contributed by atoms with van der Waals surface area (Å²) in [6.45, 7) is 2.23. The van der Waals surface area contributed by atoms with Crippen molar-refractivity contribution in [3.8, 4) is 23.0 Å². The van der Waals surface area contributed by atoms with Crippen LogP contribution in [0.3, 0.4) is 0 Å². The lowest BCUT2D eigenvalue weighted by atomic mass is 9.81. The van der Waals surface area contributed by atoms with Crippen LogP contribution in [0.2, 0.25) is 0 Å². The van der Waals surface area contributed by atoms with Crippen molar-refractivity contribution < 1.29 is 18.6 Å². The molecule has 4 saturated heterocycles. The summed E-state index contributed by atoms with van der Waals surface area (Å²) in [5.74, 6) is 0.608. The Hall–Kier alpha value is -3.15. The number of nitrogens with one attached hydrogen (secondary N) is 1. The third-order valence-corrected chi connectivity index (χ3v) is 12.0. The van der Waals surface area contributed by atoms with Crippen LogP contribution in [0.25, 0.3) is 32.9 Å². The fraction of sp³-hybridized carbons (Fsp3) is 0.514. The van der Waals surface area contributed by atoms with Gasteiger partial charge in [-0.05, 0) is 61.6 Å². The number of rotatable bonds is 5. The molecule has 2 aromatic carbocycles. The van der Waals surface area contributed by atoms with E-state index in [9.17, 15) is 9.50 Å². The number of alkyl halides is 1. The molecular formula is C35H37BrF2N6O2. The van der Waals surface area contributed by atoms with E-state index in [0.29, 0.717) is 53.8 Å². The zero-order valence-electron chi connectivity index (χ0n) is 25.6. The van der Waals surface area contributed by atoms with E-state index in [1.165, 1.54) is 19.3 Å². The largest absolute Gasteiger partial charge is 0.508 e. The number of aromatic nitrogens is 3. The van der Waals surface area contributed by atoms with Crippen molar-refractivity contribution in [2.75, 3.05) is 31.1 Å². The molecule has 8 nitrogen and oxygen atoms in total. The molecule has 9 rings (SSSR count). The lowest BCUT2D eigenvalue weighted by Crippen LogP contribution is -2.51. The van der Waals surface area contributed by atoms with Crippen molar-refractivity contribution >= 4 is 43.4 Å². The summed E-state index contributed by atoms with van der Waals surface area (Å²) in [6.07, 6.45) is 9.04. The van der Waals surface area contributed by atoms with Crippen molar-refractivity contribution in [3.05, 3.63) is 46.8 Å². The van der Waals surface area contributed by atoms with Gasteiger partial charge in [0.1, 0.15) is 35.6 Å². The summed E-state index contributed by atoms with van der Waals surface area (Å²) in [4.78, 5) is 18.8. The van der Waals surface area contributed by atoms with Crippen molar-refractivity contribution in [2.24, 2.45) is 5.92 Å². The second kappa shape index (κ2) is 11.0. The molecule has 6 atom stereocenters. The summed E-state index contributed by atoms with van der Waals surface area (Å²) < 4.78 is 39.1. The Balaban J connectivity index is 1.15. The first-order chi connectivity index (χ1) is 22.3. The number of aromatic hydroxyl groups is 1. The number of fused-ring (bicyclic) bond motifs is 7. The molecule has 11 heteroatoms. The first-order valence-corrected chi connectivity index (χ1v) is 17.5. The Labute approximate surface area is 274 Å². The normalized spacial score (nSPS) is 30.7. The quantitative estimate of drug-likeness (QED) is 0.245. The Morgan fingerprint density at radius 3 is 2.72 bits per heavy atom. The van der Waals surface area contributed by atoms with E-state index in [1.54, 1.807) is 18.3 Å². The summed E-state index contributed by atoms with van der Waals surface area (Å²) in [5.41, 5.74) is 0.300. The lowest BCUT2D eigenvalue weighted by molar-refractivity contribution is 0.0775. The smallest absolute Gasteiger partial charge is 0.319 e. The first kappa shape index (κ1) is 29.0. The minimum atomic E-state index is -0.876. The number of hydrogen-bond acceptors (Lipinski definition) is 8. The predicted molar refractivity (Wildman–Crippen MR) is 177 cm³/mol. The van der Waals surface area contributed by atoms with Crippen molar-refractivity contribution in [1.29, 1.82) is 0 Å². The van der Waals surface area contributed by atoms with E-state index in [0.717, 1.165) is 54.0 Å². The molecule has 0 radical (unpaired) electrons. The number of anilines is 1. The Kier molecular flexibility index (Phi) is 6.91. The number of hydrogen-bond donors (Lipinski definition) is 2. The van der Waals surface area contributed by atoms with Crippen LogP contribution in [0, 0.1) is 11.7 Å². The zero-order valence-corrected chi connectivity index (χ0v) is 27.1. The molecule has 4 aromatic rings. The highest BCUT2D eigenvalue weighted by molar-refractivity contribution is 9.10. The molecule has 2 unspecified atom stereocenters. The van der Waals surface area contributed by atoms with Crippen molar-refractivity contribution in [1.82, 2.24) is 25.2 Å². The molecule has 0 amide bonds. The number of benzene rings is 2. The van der Waals surface area contributed by atoms with E-state index < -0.39 is 12.0 Å². The van der Waals surface area contributed by atoms with Crippen molar-refractivity contribution in [3.63, 3.8) is 0 Å². The van der Waals surface area contributed by atoms with Crippen LogP contribution in [0.5, 0.6) is 11.8 Å². The maximum absolute atomic E-state index is 16.9. The number of halogens is 3. The number of piperazine rings is 1. The summed E-state index contributed by atoms with van der Waals surface area (Å²) >= 11 is 3.62. The van der Waals surface area contributed by atoms with Crippen LogP contribution in [0.4, 0.5) is 14.6 Å². The van der Waals surface area contributed by atoms with Crippen LogP contribution in [0.15, 0.2) is 41.0 Å². The monoisotopic (exact) mass is 690 g/mol. The van der Waals surface area contributed by atoms with Gasteiger partial charge in [0, 0.05) is 65.8 Å². The van der Waals surface area contributed by atoms with E-state index in [2.05, 4.69) is 36.0 Å². The molecule has 1 saturated carbocycles. The molecule has 0 spiro atoms. The molecule has 6 heterocycles. The van der Waals surface area contributed by atoms with Gasteiger partial charge in [-0.1, -0.05) is 40.9 Å². The number of nitrogens with zero attached hydrogens (tertiary/aromatic N) is 5. The van der Waals surface area contributed by atoms with Gasteiger partial charge in [0.15, 0.2) is 5.82 Å². The average molecular weight is 692 g/mol. The maximum atomic E-state index is 16.9.